The number of nitrogens with one attached hydrogen (secondary N) is 1. The van der Waals surface area contributed by atoms with Gasteiger partial charge < -0.3 is 5.32 Å². The van der Waals surface area contributed by atoms with E-state index in [1.807, 2.05) is 0 Å². The van der Waals surface area contributed by atoms with E-state index in [-0.39, 0.29) is 0 Å². The van der Waals surface area contributed by atoms with Crippen molar-refractivity contribution in [1.82, 2.24) is 5.32 Å². The predicted octanol–water partition coefficient (Wildman–Crippen LogP) is 3.30. The first-order chi connectivity index (χ1) is 6.23. The fourth-order valence-electron chi connectivity index (χ4n) is 2.80. The van der Waals surface area contributed by atoms with Gasteiger partial charge in [0.15, 0.2) is 0 Å². The van der Waals surface area contributed by atoms with E-state index in [0.29, 0.717) is 10.8 Å². The van der Waals surface area contributed by atoms with E-state index in [4.69, 9.17) is 0 Å². The summed E-state index contributed by atoms with van der Waals surface area (Å²) in [5, 5.41) is 3.54. The molecule has 1 N–H and O–H groups in total. The van der Waals surface area contributed by atoms with Gasteiger partial charge in [0.05, 0.1) is 0 Å². The van der Waals surface area contributed by atoms with Crippen molar-refractivity contribution in [3.8, 4) is 0 Å². The zero-order valence-corrected chi connectivity index (χ0v) is 10.8. The molecular weight excluding hydrogens is 170 g/mol. The number of hydrogen-bond donors (Lipinski definition) is 1. The Morgan fingerprint density at radius 1 is 0.857 bits per heavy atom. The van der Waals surface area contributed by atoms with Gasteiger partial charge in [0.1, 0.15) is 0 Å². The number of rotatable bonds is 0. The molecule has 0 aromatic rings. The zero-order chi connectivity index (χ0) is 11.0. The van der Waals surface area contributed by atoms with Crippen molar-refractivity contribution in [2.24, 2.45) is 22.7 Å². The van der Waals surface area contributed by atoms with E-state index in [9.17, 15) is 0 Å². The molecule has 2 unspecified atom stereocenters. The molecule has 84 valence electrons. The maximum absolute atomic E-state index is 3.54. The lowest BCUT2D eigenvalue weighted by molar-refractivity contribution is 0.0443. The van der Waals surface area contributed by atoms with Gasteiger partial charge in [0.25, 0.3) is 0 Å². The van der Waals surface area contributed by atoms with Crippen LogP contribution in [0.3, 0.4) is 0 Å². The van der Waals surface area contributed by atoms with Crippen LogP contribution in [0, 0.1) is 22.7 Å². The highest BCUT2D eigenvalue weighted by molar-refractivity contribution is 4.91. The molecule has 1 saturated heterocycles. The van der Waals surface area contributed by atoms with Crippen LogP contribution < -0.4 is 5.32 Å². The average molecular weight is 197 g/mol. The van der Waals surface area contributed by atoms with Gasteiger partial charge in [-0.2, -0.15) is 0 Å². The van der Waals surface area contributed by atoms with Crippen LogP contribution in [0.1, 0.15) is 48.0 Å². The van der Waals surface area contributed by atoms with Crippen LogP contribution in [0.4, 0.5) is 0 Å². The van der Waals surface area contributed by atoms with E-state index < -0.39 is 0 Å². The molecule has 14 heavy (non-hydrogen) atoms. The minimum absolute atomic E-state index is 0.436. The van der Waals surface area contributed by atoms with Gasteiger partial charge in [-0.15, -0.1) is 0 Å². The molecule has 0 amide bonds. The first kappa shape index (κ1) is 12.0. The average Bonchev–Trinajstić information content (AvgIpc) is 2.01. The van der Waals surface area contributed by atoms with Gasteiger partial charge >= 0.3 is 0 Å². The van der Waals surface area contributed by atoms with Crippen molar-refractivity contribution < 1.29 is 0 Å². The Labute approximate surface area is 89.7 Å². The lowest BCUT2D eigenvalue weighted by Gasteiger charge is -2.46. The molecule has 1 aliphatic rings. The Balaban J connectivity index is 2.80. The molecule has 1 fully saturated rings. The highest BCUT2D eigenvalue weighted by Gasteiger charge is 2.39. The largest absolute Gasteiger partial charge is 0.316 e. The second-order valence-corrected chi connectivity index (χ2v) is 6.94. The molecule has 0 aliphatic carbocycles. The molecule has 0 saturated carbocycles. The maximum Gasteiger partial charge on any atom is -0.00126 e. The molecule has 1 rings (SSSR count). The van der Waals surface area contributed by atoms with Crippen molar-refractivity contribution in [3.05, 3.63) is 0 Å². The molecule has 1 heterocycles. The van der Waals surface area contributed by atoms with Crippen LogP contribution in [0.15, 0.2) is 0 Å². The van der Waals surface area contributed by atoms with Crippen LogP contribution in [0.5, 0.6) is 0 Å². The molecule has 1 aliphatic heterocycles. The second kappa shape index (κ2) is 3.84. The first-order valence-corrected chi connectivity index (χ1v) is 5.93. The summed E-state index contributed by atoms with van der Waals surface area (Å²) in [6, 6.07) is 0. The van der Waals surface area contributed by atoms with Gasteiger partial charge in [0, 0.05) is 0 Å². The van der Waals surface area contributed by atoms with Crippen LogP contribution in [0.25, 0.3) is 0 Å². The summed E-state index contributed by atoms with van der Waals surface area (Å²) >= 11 is 0. The van der Waals surface area contributed by atoms with Crippen molar-refractivity contribution in [3.63, 3.8) is 0 Å². The molecule has 0 bridgehead atoms. The van der Waals surface area contributed by atoms with E-state index in [1.165, 1.54) is 19.5 Å². The standard InChI is InChI=1S/C13H27N/c1-12(2,3)10-7-8-14-9-11(10)13(4,5)6/h10-11,14H,7-9H2,1-6H3. The summed E-state index contributed by atoms with van der Waals surface area (Å²) < 4.78 is 0. The summed E-state index contributed by atoms with van der Waals surface area (Å²) in [4.78, 5) is 0. The van der Waals surface area contributed by atoms with Crippen LogP contribution in [-0.2, 0) is 0 Å². The van der Waals surface area contributed by atoms with E-state index in [2.05, 4.69) is 46.9 Å². The monoisotopic (exact) mass is 197 g/mol. The highest BCUT2D eigenvalue weighted by atomic mass is 14.9. The summed E-state index contributed by atoms with van der Waals surface area (Å²) in [5.41, 5.74) is 0.894. The SMILES string of the molecule is CC(C)(C)C1CCNCC1C(C)(C)C. The number of piperidine rings is 1. The molecule has 2 atom stereocenters. The Morgan fingerprint density at radius 3 is 1.71 bits per heavy atom. The number of hydrogen-bond acceptors (Lipinski definition) is 1. The normalized spacial score (nSPS) is 30.4. The van der Waals surface area contributed by atoms with Crippen molar-refractivity contribution in [2.45, 2.75) is 48.0 Å². The highest BCUT2D eigenvalue weighted by Crippen LogP contribution is 2.43. The minimum Gasteiger partial charge on any atom is -0.316 e. The second-order valence-electron chi connectivity index (χ2n) is 6.94. The molecule has 1 nitrogen and oxygen atoms in total. The topological polar surface area (TPSA) is 12.0 Å². The molecule has 0 aromatic heterocycles. The molecule has 0 aromatic carbocycles. The zero-order valence-electron chi connectivity index (χ0n) is 10.8. The smallest absolute Gasteiger partial charge is 0.00126 e. The molecule has 1 heteroatoms. The van der Waals surface area contributed by atoms with Gasteiger partial charge in [-0.1, -0.05) is 41.5 Å². The lowest BCUT2D eigenvalue weighted by atomic mass is 9.62. The van der Waals surface area contributed by atoms with Gasteiger partial charge in [-0.25, -0.2) is 0 Å². The fourth-order valence-corrected chi connectivity index (χ4v) is 2.80. The quantitative estimate of drug-likeness (QED) is 0.628. The Hall–Kier alpha value is -0.0400. The fraction of sp³-hybridized carbons (Fsp3) is 1.00. The van der Waals surface area contributed by atoms with Crippen LogP contribution in [-0.4, -0.2) is 13.1 Å². The van der Waals surface area contributed by atoms with Gasteiger partial charge in [-0.05, 0) is 42.2 Å². The third kappa shape index (κ3) is 2.73. The van der Waals surface area contributed by atoms with Crippen molar-refractivity contribution >= 4 is 0 Å². The van der Waals surface area contributed by atoms with Crippen LogP contribution in [0.2, 0.25) is 0 Å². The third-order valence-corrected chi connectivity index (χ3v) is 3.71. The summed E-state index contributed by atoms with van der Waals surface area (Å²) in [7, 11) is 0. The van der Waals surface area contributed by atoms with Crippen molar-refractivity contribution in [2.75, 3.05) is 13.1 Å². The Morgan fingerprint density at radius 2 is 1.36 bits per heavy atom. The summed E-state index contributed by atoms with van der Waals surface area (Å²) in [5.74, 6) is 1.68. The Bertz CT molecular complexity index is 160. The lowest BCUT2D eigenvalue weighted by Crippen LogP contribution is -2.47. The first-order valence-electron chi connectivity index (χ1n) is 5.93. The third-order valence-electron chi connectivity index (χ3n) is 3.71. The maximum atomic E-state index is 3.54. The molecular formula is C13H27N. The summed E-state index contributed by atoms with van der Waals surface area (Å²) in [6.45, 7) is 16.7. The van der Waals surface area contributed by atoms with Crippen LogP contribution >= 0.6 is 0 Å². The van der Waals surface area contributed by atoms with Crippen molar-refractivity contribution in [1.29, 1.82) is 0 Å². The minimum atomic E-state index is 0.436. The molecule has 0 spiro atoms. The van der Waals surface area contributed by atoms with E-state index in [0.717, 1.165) is 11.8 Å². The van der Waals surface area contributed by atoms with E-state index >= 15 is 0 Å². The predicted molar refractivity (Wildman–Crippen MR) is 63.4 cm³/mol. The van der Waals surface area contributed by atoms with Gasteiger partial charge in [0.2, 0.25) is 0 Å². The van der Waals surface area contributed by atoms with E-state index in [1.54, 1.807) is 0 Å². The molecule has 0 radical (unpaired) electrons. The summed E-state index contributed by atoms with van der Waals surface area (Å²) in [6.07, 6.45) is 1.34. The van der Waals surface area contributed by atoms with Gasteiger partial charge in [-0.3, -0.25) is 0 Å². The Kier molecular flexibility index (Phi) is 3.30.